The molecule has 4 nitrogen and oxygen atoms in total. The first kappa shape index (κ1) is 14.7. The lowest BCUT2D eigenvalue weighted by molar-refractivity contribution is 0.158. The summed E-state index contributed by atoms with van der Waals surface area (Å²) in [5.74, 6) is 2.37. The Morgan fingerprint density at radius 1 is 1.08 bits per heavy atom. The maximum Gasteiger partial charge on any atom is 0.140 e. The zero-order chi connectivity index (χ0) is 16.9. The third-order valence-corrected chi connectivity index (χ3v) is 4.15. The average Bonchev–Trinajstić information content (AvgIpc) is 2.95. The predicted molar refractivity (Wildman–Crippen MR) is 93.6 cm³/mol. The van der Waals surface area contributed by atoms with E-state index in [-0.39, 0.29) is 11.4 Å². The summed E-state index contributed by atoms with van der Waals surface area (Å²) in [6.07, 6.45) is 4.04. The summed E-state index contributed by atoms with van der Waals surface area (Å²) in [4.78, 5) is 0. The molecule has 2 aromatic carbocycles. The minimum absolute atomic E-state index is 0.180. The summed E-state index contributed by atoms with van der Waals surface area (Å²) >= 11 is 0. The second-order valence-electron chi connectivity index (χ2n) is 6.43. The smallest absolute Gasteiger partial charge is 0.140 e. The van der Waals surface area contributed by atoms with Gasteiger partial charge in [0.25, 0.3) is 0 Å². The van der Waals surface area contributed by atoms with Crippen LogP contribution in [0.3, 0.4) is 0 Å². The van der Waals surface area contributed by atoms with Gasteiger partial charge in [-0.15, -0.1) is 0 Å². The van der Waals surface area contributed by atoms with E-state index < -0.39 is 0 Å². The maximum absolute atomic E-state index is 9.61. The molecule has 1 aliphatic rings. The highest BCUT2D eigenvalue weighted by Gasteiger charge is 2.26. The molecule has 0 atom stereocenters. The fourth-order valence-corrected chi connectivity index (χ4v) is 3.00. The molecule has 0 saturated carbocycles. The third kappa shape index (κ3) is 2.31. The maximum atomic E-state index is 9.61. The number of aromatic hydroxyl groups is 1. The molecular formula is C20H18O4. The minimum Gasteiger partial charge on any atom is -0.508 e. The van der Waals surface area contributed by atoms with Crippen molar-refractivity contribution >= 4 is 17.0 Å². The SMILES string of the molecule is COc1c(-c2cc3ccc(O)cc3o2)ccc2c1C=CC(C)(C)O2. The van der Waals surface area contributed by atoms with Crippen LogP contribution >= 0.6 is 0 Å². The van der Waals surface area contributed by atoms with Crippen molar-refractivity contribution in [2.75, 3.05) is 7.11 Å². The fraction of sp³-hybridized carbons (Fsp3) is 0.200. The molecule has 122 valence electrons. The van der Waals surface area contributed by atoms with Crippen LogP contribution in [0.5, 0.6) is 17.2 Å². The zero-order valence-electron chi connectivity index (χ0n) is 13.8. The van der Waals surface area contributed by atoms with Crippen LogP contribution in [0.2, 0.25) is 0 Å². The van der Waals surface area contributed by atoms with Crippen LogP contribution in [0.25, 0.3) is 28.4 Å². The molecule has 1 aromatic heterocycles. The summed E-state index contributed by atoms with van der Waals surface area (Å²) in [6, 6.07) is 10.9. The highest BCUT2D eigenvalue weighted by Crippen LogP contribution is 2.44. The van der Waals surface area contributed by atoms with Gasteiger partial charge in [-0.2, -0.15) is 0 Å². The van der Waals surface area contributed by atoms with Gasteiger partial charge < -0.3 is 19.0 Å². The molecule has 1 N–H and O–H groups in total. The van der Waals surface area contributed by atoms with E-state index in [9.17, 15) is 5.11 Å². The Morgan fingerprint density at radius 3 is 2.71 bits per heavy atom. The lowest BCUT2D eigenvalue weighted by Crippen LogP contribution is -2.27. The number of hydrogen-bond acceptors (Lipinski definition) is 4. The van der Waals surface area contributed by atoms with E-state index in [1.54, 1.807) is 19.2 Å². The molecule has 3 aromatic rings. The number of hydrogen-bond donors (Lipinski definition) is 1. The van der Waals surface area contributed by atoms with Crippen LogP contribution in [0.1, 0.15) is 19.4 Å². The van der Waals surface area contributed by atoms with Gasteiger partial charge >= 0.3 is 0 Å². The van der Waals surface area contributed by atoms with Gasteiger partial charge in [-0.1, -0.05) is 0 Å². The standard InChI is InChI=1S/C20H18O4/c1-20(2)9-8-15-16(24-20)7-6-14(19(15)22-3)18-10-12-4-5-13(21)11-17(12)23-18/h4-11,21H,1-3H3. The first-order valence-corrected chi connectivity index (χ1v) is 7.79. The number of rotatable bonds is 2. The third-order valence-electron chi connectivity index (χ3n) is 4.15. The molecule has 0 saturated heterocycles. The average molecular weight is 322 g/mol. The van der Waals surface area contributed by atoms with Gasteiger partial charge in [0.1, 0.15) is 34.2 Å². The van der Waals surface area contributed by atoms with Crippen LogP contribution in [0.4, 0.5) is 0 Å². The molecule has 2 heterocycles. The van der Waals surface area contributed by atoms with Gasteiger partial charge in [-0.05, 0) is 56.3 Å². The van der Waals surface area contributed by atoms with E-state index in [0.717, 1.165) is 22.3 Å². The predicted octanol–water partition coefficient (Wildman–Crippen LogP) is 5.00. The summed E-state index contributed by atoms with van der Waals surface area (Å²) in [5, 5.41) is 10.5. The second-order valence-corrected chi connectivity index (χ2v) is 6.43. The molecule has 0 fully saturated rings. The number of phenolic OH excluding ortho intramolecular Hbond substituents is 1. The molecule has 0 aliphatic carbocycles. The van der Waals surface area contributed by atoms with Crippen molar-refractivity contribution in [1.29, 1.82) is 0 Å². The van der Waals surface area contributed by atoms with Crippen LogP contribution in [0.15, 0.2) is 46.9 Å². The van der Waals surface area contributed by atoms with Gasteiger partial charge in [-0.3, -0.25) is 0 Å². The summed E-state index contributed by atoms with van der Waals surface area (Å²) in [6.45, 7) is 4.02. The highest BCUT2D eigenvalue weighted by molar-refractivity contribution is 5.87. The number of fused-ring (bicyclic) bond motifs is 2. The van der Waals surface area contributed by atoms with Gasteiger partial charge in [0.2, 0.25) is 0 Å². The topological polar surface area (TPSA) is 51.8 Å². The Bertz CT molecular complexity index is 963. The Labute approximate surface area is 139 Å². The van der Waals surface area contributed by atoms with Crippen molar-refractivity contribution in [2.24, 2.45) is 0 Å². The summed E-state index contributed by atoms with van der Waals surface area (Å²) in [7, 11) is 1.64. The van der Waals surface area contributed by atoms with Crippen molar-refractivity contribution in [2.45, 2.75) is 19.4 Å². The van der Waals surface area contributed by atoms with Gasteiger partial charge in [0.05, 0.1) is 18.2 Å². The summed E-state index contributed by atoms with van der Waals surface area (Å²) in [5.41, 5.74) is 2.05. The first-order valence-electron chi connectivity index (χ1n) is 7.79. The van der Waals surface area contributed by atoms with Gasteiger partial charge in [0, 0.05) is 11.5 Å². The normalized spacial score (nSPS) is 15.1. The second kappa shape index (κ2) is 5.06. The number of ether oxygens (including phenoxy) is 2. The molecule has 4 heteroatoms. The first-order chi connectivity index (χ1) is 11.5. The molecule has 4 rings (SSSR count). The largest absolute Gasteiger partial charge is 0.508 e. The Kier molecular flexibility index (Phi) is 3.10. The van der Waals surface area contributed by atoms with E-state index in [0.29, 0.717) is 17.1 Å². The fourth-order valence-electron chi connectivity index (χ4n) is 3.00. The Balaban J connectivity index is 1.89. The van der Waals surface area contributed by atoms with Gasteiger partial charge in [-0.25, -0.2) is 0 Å². The van der Waals surface area contributed by atoms with Crippen molar-refractivity contribution < 1.29 is 19.0 Å². The van der Waals surface area contributed by atoms with E-state index in [2.05, 4.69) is 0 Å². The highest BCUT2D eigenvalue weighted by atomic mass is 16.5. The Morgan fingerprint density at radius 2 is 1.92 bits per heavy atom. The quantitative estimate of drug-likeness (QED) is 0.721. The van der Waals surface area contributed by atoms with Crippen LogP contribution in [0, 0.1) is 0 Å². The molecule has 0 bridgehead atoms. The lowest BCUT2D eigenvalue weighted by atomic mass is 9.98. The van der Waals surface area contributed by atoms with Crippen LogP contribution in [-0.2, 0) is 0 Å². The molecule has 0 spiro atoms. The Hall–Kier alpha value is -2.88. The molecule has 0 radical (unpaired) electrons. The number of methoxy groups -OCH3 is 1. The van der Waals surface area contributed by atoms with E-state index in [1.807, 2.05) is 50.3 Å². The minimum atomic E-state index is -0.337. The number of benzene rings is 2. The van der Waals surface area contributed by atoms with E-state index in [4.69, 9.17) is 13.9 Å². The summed E-state index contributed by atoms with van der Waals surface area (Å²) < 4.78 is 17.5. The number of phenols is 1. The van der Waals surface area contributed by atoms with Crippen LogP contribution < -0.4 is 9.47 Å². The van der Waals surface area contributed by atoms with Crippen molar-refractivity contribution in [3.8, 4) is 28.6 Å². The van der Waals surface area contributed by atoms with Crippen molar-refractivity contribution in [1.82, 2.24) is 0 Å². The molecule has 24 heavy (non-hydrogen) atoms. The molecule has 0 amide bonds. The number of furan rings is 1. The molecular weight excluding hydrogens is 304 g/mol. The zero-order valence-corrected chi connectivity index (χ0v) is 13.8. The lowest BCUT2D eigenvalue weighted by Gasteiger charge is -2.29. The van der Waals surface area contributed by atoms with Crippen molar-refractivity contribution in [3.63, 3.8) is 0 Å². The van der Waals surface area contributed by atoms with Crippen LogP contribution in [-0.4, -0.2) is 17.8 Å². The monoisotopic (exact) mass is 322 g/mol. The van der Waals surface area contributed by atoms with E-state index in [1.165, 1.54) is 0 Å². The van der Waals surface area contributed by atoms with Gasteiger partial charge in [0.15, 0.2) is 0 Å². The van der Waals surface area contributed by atoms with E-state index >= 15 is 0 Å². The molecule has 1 aliphatic heterocycles. The molecule has 0 unspecified atom stereocenters. The van der Waals surface area contributed by atoms with Crippen molar-refractivity contribution in [3.05, 3.63) is 48.0 Å².